The molecule has 312 valence electrons. The number of nitrogens with zero attached hydrogens (tertiary/aromatic N) is 2. The Balaban J connectivity index is 0.000000182. The van der Waals surface area contributed by atoms with Gasteiger partial charge in [0.1, 0.15) is 21.5 Å². The summed E-state index contributed by atoms with van der Waals surface area (Å²) >= 11 is 3.25. The van der Waals surface area contributed by atoms with Gasteiger partial charge in [-0.2, -0.15) is 0 Å². The van der Waals surface area contributed by atoms with E-state index in [-0.39, 0.29) is 22.0 Å². The number of hydrogen-bond acceptors (Lipinski definition) is 8. The van der Waals surface area contributed by atoms with Crippen LogP contribution in [0.25, 0.3) is 42.0 Å². The van der Waals surface area contributed by atoms with E-state index in [2.05, 4.69) is 67.1 Å². The normalized spacial score (nSPS) is 15.7. The number of aromatic carboxylic acids is 2. The molecule has 60 heavy (non-hydrogen) atoms. The summed E-state index contributed by atoms with van der Waals surface area (Å²) < 4.78 is 11.8. The van der Waals surface area contributed by atoms with Gasteiger partial charge in [-0.1, -0.05) is 83.6 Å². The van der Waals surface area contributed by atoms with Crippen molar-refractivity contribution in [3.05, 3.63) is 120 Å². The third kappa shape index (κ3) is 9.66. The van der Waals surface area contributed by atoms with Gasteiger partial charge in [-0.15, -0.1) is 22.7 Å². The lowest BCUT2D eigenvalue weighted by Gasteiger charge is -2.35. The molecule has 8 nitrogen and oxygen atoms in total. The quantitative estimate of drug-likeness (QED) is 0.125. The van der Waals surface area contributed by atoms with Crippen LogP contribution in [0.15, 0.2) is 97.3 Å². The topological polar surface area (TPSA) is 119 Å². The lowest BCUT2D eigenvalue weighted by Crippen LogP contribution is -2.26. The molecular formula is C50H54N2O6S2. The Bertz CT molecular complexity index is 2400. The number of hydrogen-bond donors (Lipinski definition) is 2. The monoisotopic (exact) mass is 842 g/mol. The van der Waals surface area contributed by atoms with Crippen LogP contribution in [0.1, 0.15) is 123 Å². The lowest BCUT2D eigenvalue weighted by molar-refractivity contribution is 0.0686. The van der Waals surface area contributed by atoms with E-state index in [4.69, 9.17) is 19.7 Å². The van der Waals surface area contributed by atoms with Gasteiger partial charge in [0.05, 0.1) is 34.6 Å². The average Bonchev–Trinajstić information content (AvgIpc) is 3.98. The van der Waals surface area contributed by atoms with Crippen molar-refractivity contribution < 1.29 is 29.3 Å². The van der Waals surface area contributed by atoms with Crippen LogP contribution in [-0.2, 0) is 10.8 Å². The highest BCUT2D eigenvalue weighted by Crippen LogP contribution is 2.47. The lowest BCUT2D eigenvalue weighted by atomic mass is 9.70. The first-order valence-corrected chi connectivity index (χ1v) is 22.7. The molecule has 10 heteroatoms. The number of methoxy groups -OCH3 is 1. The fourth-order valence-corrected chi connectivity index (χ4v) is 10.5. The zero-order valence-electron chi connectivity index (χ0n) is 35.0. The van der Waals surface area contributed by atoms with E-state index in [9.17, 15) is 9.59 Å². The zero-order valence-corrected chi connectivity index (χ0v) is 36.6. The molecule has 2 aliphatic rings. The van der Waals surface area contributed by atoms with Crippen molar-refractivity contribution in [2.24, 2.45) is 0 Å². The number of carbonyl (C=O) groups is 2. The molecule has 2 saturated carbocycles. The summed E-state index contributed by atoms with van der Waals surface area (Å²) in [6, 6.07) is 26.8. The molecule has 0 amide bonds. The molecule has 0 unspecified atom stereocenters. The molecule has 2 N–H and O–H groups in total. The first-order chi connectivity index (χ1) is 29.0. The zero-order chi connectivity index (χ0) is 42.3. The second-order valence-electron chi connectivity index (χ2n) is 16.5. The van der Waals surface area contributed by atoms with Crippen molar-refractivity contribution in [3.8, 4) is 53.5 Å². The highest BCUT2D eigenvalue weighted by atomic mass is 32.1. The van der Waals surface area contributed by atoms with E-state index in [1.807, 2.05) is 36.7 Å². The van der Waals surface area contributed by atoms with E-state index < -0.39 is 11.9 Å². The summed E-state index contributed by atoms with van der Waals surface area (Å²) in [5.41, 5.74) is 7.66. The number of ether oxygens (including phenoxy) is 2. The van der Waals surface area contributed by atoms with Gasteiger partial charge in [0.15, 0.2) is 0 Å². The van der Waals surface area contributed by atoms with Crippen LogP contribution >= 0.6 is 22.7 Å². The highest BCUT2D eigenvalue weighted by Gasteiger charge is 2.33. The van der Waals surface area contributed by atoms with E-state index in [1.165, 1.54) is 75.3 Å². The molecule has 0 bridgehead atoms. The minimum Gasteiger partial charge on any atom is -0.496 e. The van der Waals surface area contributed by atoms with Crippen molar-refractivity contribution in [1.29, 1.82) is 0 Å². The van der Waals surface area contributed by atoms with Crippen LogP contribution in [0, 0.1) is 0 Å². The van der Waals surface area contributed by atoms with E-state index in [0.29, 0.717) is 0 Å². The van der Waals surface area contributed by atoms with Crippen LogP contribution in [0.3, 0.4) is 0 Å². The van der Waals surface area contributed by atoms with Crippen LogP contribution in [0.4, 0.5) is 0 Å². The number of rotatable bonds is 12. The molecule has 2 aliphatic carbocycles. The molecule has 6 aromatic rings. The molecule has 0 spiro atoms. The number of thiazole rings is 2. The largest absolute Gasteiger partial charge is 0.496 e. The van der Waals surface area contributed by atoms with Crippen molar-refractivity contribution in [2.45, 2.75) is 102 Å². The van der Waals surface area contributed by atoms with E-state index >= 15 is 0 Å². The van der Waals surface area contributed by atoms with Gasteiger partial charge in [-0.25, -0.2) is 19.6 Å². The Hall–Kier alpha value is -5.32. The summed E-state index contributed by atoms with van der Waals surface area (Å²) in [6.45, 7) is 7.61. The maximum atomic E-state index is 11.1. The van der Waals surface area contributed by atoms with E-state index in [0.717, 1.165) is 66.6 Å². The van der Waals surface area contributed by atoms with Crippen LogP contribution in [0.5, 0.6) is 11.5 Å². The summed E-state index contributed by atoms with van der Waals surface area (Å²) in [4.78, 5) is 33.6. The Kier molecular flexibility index (Phi) is 13.5. The third-order valence-corrected chi connectivity index (χ3v) is 14.4. The fraction of sp³-hybridized carbons (Fsp3) is 0.360. The Morgan fingerprint density at radius 3 is 1.40 bits per heavy atom. The van der Waals surface area contributed by atoms with Gasteiger partial charge in [-0.3, -0.25) is 0 Å². The fourth-order valence-electron chi connectivity index (χ4n) is 8.62. The Labute approximate surface area is 361 Å². The standard InChI is InChI=1S/C26H29NO3S.C24H25NO3S/c1-3-15-30-22-12-11-20(16-21(22)26(2)13-5-4-6-14-26)23-17-27-24(31-23)18-7-9-19(10-8-18)25(28)29;1-24(12-4-3-5-13-24)19-14-18(10-11-20(19)28-2)21-15-25-22(29-21)16-6-8-17(9-7-16)23(26)27/h7-12,16-17H,3-6,13-15H2,1-2H3,(H,28,29);6-11,14-15H,3-5,12-13H2,1-2H3,(H,26,27). The number of benzene rings is 4. The Morgan fingerprint density at radius 1 is 0.600 bits per heavy atom. The molecule has 4 aromatic carbocycles. The first-order valence-electron chi connectivity index (χ1n) is 21.1. The summed E-state index contributed by atoms with van der Waals surface area (Å²) in [7, 11) is 1.75. The van der Waals surface area contributed by atoms with Crippen LogP contribution in [0.2, 0.25) is 0 Å². The molecule has 0 aliphatic heterocycles. The Morgan fingerprint density at radius 2 is 1.00 bits per heavy atom. The van der Waals surface area contributed by atoms with Gasteiger partial charge < -0.3 is 19.7 Å². The maximum Gasteiger partial charge on any atom is 0.335 e. The predicted molar refractivity (Wildman–Crippen MR) is 243 cm³/mol. The van der Waals surface area contributed by atoms with Crippen LogP contribution < -0.4 is 9.47 Å². The number of carboxylic acid groups (broad SMARTS) is 2. The SMILES string of the molecule is CCCOc1ccc(-c2cnc(-c3ccc(C(=O)O)cc3)s2)cc1C1(C)CCCCC1.COc1ccc(-c2cnc(-c3ccc(C(=O)O)cc3)s2)cc1C1(C)CCCCC1. The van der Waals surface area contributed by atoms with Crippen molar-refractivity contribution in [3.63, 3.8) is 0 Å². The second kappa shape index (κ2) is 18.9. The predicted octanol–water partition coefficient (Wildman–Crippen LogP) is 13.6. The van der Waals surface area contributed by atoms with Gasteiger partial charge in [0.2, 0.25) is 0 Å². The molecule has 0 radical (unpaired) electrons. The molecule has 2 heterocycles. The number of carboxylic acids is 2. The average molecular weight is 843 g/mol. The highest BCUT2D eigenvalue weighted by molar-refractivity contribution is 7.18. The second-order valence-corrected chi connectivity index (χ2v) is 18.6. The molecule has 0 saturated heterocycles. The maximum absolute atomic E-state index is 11.1. The minimum absolute atomic E-state index is 0.150. The van der Waals surface area contributed by atoms with Gasteiger partial charge in [-0.05, 0) is 115 Å². The van der Waals surface area contributed by atoms with E-state index in [1.54, 1.807) is 54.0 Å². The smallest absolute Gasteiger partial charge is 0.335 e. The van der Waals surface area contributed by atoms with Gasteiger partial charge in [0, 0.05) is 34.6 Å². The molecule has 8 rings (SSSR count). The van der Waals surface area contributed by atoms with Crippen LogP contribution in [-0.4, -0.2) is 45.8 Å². The molecule has 2 fully saturated rings. The third-order valence-electron chi connectivity index (χ3n) is 12.2. The molecular weight excluding hydrogens is 789 g/mol. The van der Waals surface area contributed by atoms with Crippen molar-refractivity contribution in [2.75, 3.05) is 13.7 Å². The first kappa shape index (κ1) is 42.8. The molecule has 2 aromatic heterocycles. The summed E-state index contributed by atoms with van der Waals surface area (Å²) in [5.74, 6) is 0.148. The van der Waals surface area contributed by atoms with Crippen molar-refractivity contribution in [1.82, 2.24) is 9.97 Å². The minimum atomic E-state index is -0.918. The molecule has 0 atom stereocenters. The summed E-state index contributed by atoms with van der Waals surface area (Å²) in [5, 5.41) is 20.0. The van der Waals surface area contributed by atoms with Crippen molar-refractivity contribution >= 4 is 34.6 Å². The number of aromatic nitrogens is 2. The summed E-state index contributed by atoms with van der Waals surface area (Å²) in [6.07, 6.45) is 17.3. The van der Waals surface area contributed by atoms with Gasteiger partial charge >= 0.3 is 11.9 Å². The van der Waals surface area contributed by atoms with Gasteiger partial charge in [0.25, 0.3) is 0 Å².